The molecule has 3 amide bonds. The molecule has 2 aliphatic rings. The minimum atomic E-state index is -0.468. The zero-order valence-corrected chi connectivity index (χ0v) is 15.5. The molecule has 0 aliphatic carbocycles. The van der Waals surface area contributed by atoms with E-state index in [0.29, 0.717) is 18.0 Å². The molecular formula is C21H18ClN3O2. The van der Waals surface area contributed by atoms with Gasteiger partial charge in [0.1, 0.15) is 12.1 Å². The number of hydrogen-bond donors (Lipinski definition) is 1. The number of carbonyl (C=O) groups excluding carboxylic acids is 2. The lowest BCUT2D eigenvalue weighted by atomic mass is 9.89. The quantitative estimate of drug-likeness (QED) is 0.681. The molecule has 0 radical (unpaired) electrons. The summed E-state index contributed by atoms with van der Waals surface area (Å²) in [5, 5.41) is 1.75. The van der Waals surface area contributed by atoms with Crippen molar-refractivity contribution < 1.29 is 9.59 Å². The number of fused-ring (bicyclic) bond motifs is 4. The molecule has 3 aromatic rings. The van der Waals surface area contributed by atoms with Crippen molar-refractivity contribution in [2.45, 2.75) is 25.4 Å². The van der Waals surface area contributed by atoms with Gasteiger partial charge in [-0.1, -0.05) is 41.9 Å². The summed E-state index contributed by atoms with van der Waals surface area (Å²) in [5.74, 6) is -0.114. The van der Waals surface area contributed by atoms with Crippen LogP contribution in [0.4, 0.5) is 4.79 Å². The van der Waals surface area contributed by atoms with E-state index in [2.05, 4.69) is 11.1 Å². The van der Waals surface area contributed by atoms with E-state index in [4.69, 9.17) is 11.6 Å². The highest BCUT2D eigenvalue weighted by Crippen LogP contribution is 2.43. The molecule has 3 heterocycles. The lowest BCUT2D eigenvalue weighted by Gasteiger charge is -2.36. The first kappa shape index (κ1) is 16.4. The number of rotatable bonds is 2. The van der Waals surface area contributed by atoms with Crippen molar-refractivity contribution in [2.24, 2.45) is 0 Å². The largest absolute Gasteiger partial charge is 0.356 e. The van der Waals surface area contributed by atoms with Crippen LogP contribution in [-0.4, -0.2) is 39.3 Å². The predicted molar refractivity (Wildman–Crippen MR) is 104 cm³/mol. The Bertz CT molecular complexity index is 1070. The van der Waals surface area contributed by atoms with Gasteiger partial charge in [-0.2, -0.15) is 0 Å². The summed E-state index contributed by atoms with van der Waals surface area (Å²) in [6.45, 7) is 2.22. The van der Waals surface area contributed by atoms with Crippen LogP contribution in [0.2, 0.25) is 5.02 Å². The Kier molecular flexibility index (Phi) is 3.56. The van der Waals surface area contributed by atoms with Gasteiger partial charge in [0.25, 0.3) is 5.91 Å². The molecule has 2 atom stereocenters. The second kappa shape index (κ2) is 5.86. The monoisotopic (exact) mass is 379 g/mol. The van der Waals surface area contributed by atoms with E-state index in [1.165, 1.54) is 4.90 Å². The second-order valence-electron chi connectivity index (χ2n) is 7.01. The molecule has 27 heavy (non-hydrogen) atoms. The predicted octanol–water partition coefficient (Wildman–Crippen LogP) is 4.12. The first-order valence-electron chi connectivity index (χ1n) is 9.08. The van der Waals surface area contributed by atoms with Crippen LogP contribution in [0.1, 0.15) is 29.8 Å². The first-order valence-corrected chi connectivity index (χ1v) is 9.46. The molecule has 6 heteroatoms. The minimum absolute atomic E-state index is 0.114. The topological polar surface area (TPSA) is 56.4 Å². The zero-order chi connectivity index (χ0) is 18.7. The number of nitrogens with one attached hydrogen (secondary N) is 1. The SMILES string of the molecule is CCN1C(=O)[C@@H]2Cc3c([nH]c4ccccc34)[C@@H](c3ccc(Cl)cc3)N2C1=O. The fourth-order valence-electron chi connectivity index (χ4n) is 4.41. The molecule has 2 aliphatic heterocycles. The average molecular weight is 380 g/mol. The summed E-state index contributed by atoms with van der Waals surface area (Å²) in [6, 6.07) is 14.5. The van der Waals surface area contributed by atoms with E-state index in [1.54, 1.807) is 4.90 Å². The standard InChI is InChI=1S/C21H18ClN3O2/c1-2-24-20(26)17-11-15-14-5-3-4-6-16(14)23-18(15)19(25(17)21(24)27)12-7-9-13(22)10-8-12/h3-10,17,19,23H,2,11H2,1H3/t17-,19+/m0/s1. The first-order chi connectivity index (χ1) is 13.1. The number of nitrogens with zero attached hydrogens (tertiary/aromatic N) is 2. The molecular weight excluding hydrogens is 362 g/mol. The fourth-order valence-corrected chi connectivity index (χ4v) is 4.54. The molecule has 1 N–H and O–H groups in total. The molecule has 0 unspecified atom stereocenters. The maximum atomic E-state index is 13.0. The van der Waals surface area contributed by atoms with E-state index < -0.39 is 6.04 Å². The third kappa shape index (κ3) is 2.24. The summed E-state index contributed by atoms with van der Waals surface area (Å²) in [7, 11) is 0. The van der Waals surface area contributed by atoms with E-state index in [1.807, 2.05) is 49.4 Å². The molecule has 5 rings (SSSR count). The Labute approximate surface area is 161 Å². The Morgan fingerprint density at radius 2 is 1.85 bits per heavy atom. The number of aromatic amines is 1. The van der Waals surface area contributed by atoms with Crippen molar-refractivity contribution in [3.8, 4) is 0 Å². The van der Waals surface area contributed by atoms with Crippen LogP contribution in [-0.2, 0) is 11.2 Å². The smallest absolute Gasteiger partial charge is 0.328 e. The third-order valence-corrected chi connectivity index (χ3v) is 5.89. The van der Waals surface area contributed by atoms with Crippen LogP contribution >= 0.6 is 11.6 Å². The normalized spacial score (nSPS) is 21.7. The third-order valence-electron chi connectivity index (χ3n) is 5.64. The van der Waals surface area contributed by atoms with Gasteiger partial charge in [0.05, 0.1) is 0 Å². The molecule has 0 spiro atoms. The number of likely N-dealkylation sites (N-methyl/N-ethyl adjacent to an activating group) is 1. The lowest BCUT2D eigenvalue weighted by Crippen LogP contribution is -2.44. The Balaban J connectivity index is 1.75. The van der Waals surface area contributed by atoms with Crippen LogP contribution < -0.4 is 0 Å². The number of urea groups is 1. The van der Waals surface area contributed by atoms with Crippen LogP contribution in [0.5, 0.6) is 0 Å². The zero-order valence-electron chi connectivity index (χ0n) is 14.8. The summed E-state index contributed by atoms with van der Waals surface area (Å²) in [4.78, 5) is 32.5. The number of para-hydroxylation sites is 1. The van der Waals surface area contributed by atoms with Gasteiger partial charge in [-0.25, -0.2) is 4.79 Å². The highest BCUT2D eigenvalue weighted by molar-refractivity contribution is 6.30. The van der Waals surface area contributed by atoms with Gasteiger partial charge in [0, 0.05) is 34.6 Å². The van der Waals surface area contributed by atoms with Crippen molar-refractivity contribution in [2.75, 3.05) is 6.54 Å². The Morgan fingerprint density at radius 3 is 2.59 bits per heavy atom. The number of hydrogen-bond acceptors (Lipinski definition) is 2. The summed E-state index contributed by atoms with van der Waals surface area (Å²) >= 11 is 6.07. The maximum Gasteiger partial charge on any atom is 0.328 e. The highest BCUT2D eigenvalue weighted by atomic mass is 35.5. The molecule has 5 nitrogen and oxygen atoms in total. The maximum absolute atomic E-state index is 13.0. The number of halogens is 1. The number of H-pyrrole nitrogens is 1. The molecule has 2 aromatic carbocycles. The van der Waals surface area contributed by atoms with Crippen LogP contribution in [0, 0.1) is 0 Å². The number of carbonyl (C=O) groups is 2. The van der Waals surface area contributed by atoms with E-state index >= 15 is 0 Å². The van der Waals surface area contributed by atoms with Crippen molar-refractivity contribution >= 4 is 34.4 Å². The molecule has 1 fully saturated rings. The summed E-state index contributed by atoms with van der Waals surface area (Å²) in [6.07, 6.45) is 0.532. The van der Waals surface area contributed by atoms with Crippen LogP contribution in [0.3, 0.4) is 0 Å². The lowest BCUT2D eigenvalue weighted by molar-refractivity contribution is -0.128. The molecule has 1 aromatic heterocycles. The fraction of sp³-hybridized carbons (Fsp3) is 0.238. The van der Waals surface area contributed by atoms with Gasteiger partial charge < -0.3 is 4.98 Å². The van der Waals surface area contributed by atoms with E-state index in [-0.39, 0.29) is 18.0 Å². The molecule has 0 bridgehead atoms. The van der Waals surface area contributed by atoms with Gasteiger partial charge in [-0.3, -0.25) is 14.6 Å². The Morgan fingerprint density at radius 1 is 1.11 bits per heavy atom. The van der Waals surface area contributed by atoms with Gasteiger partial charge in [-0.15, -0.1) is 0 Å². The average Bonchev–Trinajstić information content (AvgIpc) is 3.16. The Hall–Kier alpha value is -2.79. The van der Waals surface area contributed by atoms with Crippen molar-refractivity contribution in [3.63, 3.8) is 0 Å². The van der Waals surface area contributed by atoms with Crippen LogP contribution in [0.25, 0.3) is 10.9 Å². The highest BCUT2D eigenvalue weighted by Gasteiger charge is 2.51. The molecule has 0 saturated carbocycles. The van der Waals surface area contributed by atoms with Gasteiger partial charge in [-0.05, 0) is 36.2 Å². The number of aromatic nitrogens is 1. The number of imide groups is 1. The molecule has 136 valence electrons. The van der Waals surface area contributed by atoms with E-state index in [9.17, 15) is 9.59 Å². The van der Waals surface area contributed by atoms with E-state index in [0.717, 1.165) is 27.7 Å². The van der Waals surface area contributed by atoms with Crippen molar-refractivity contribution in [1.29, 1.82) is 0 Å². The van der Waals surface area contributed by atoms with Crippen LogP contribution in [0.15, 0.2) is 48.5 Å². The summed E-state index contributed by atoms with van der Waals surface area (Å²) < 4.78 is 0. The second-order valence-corrected chi connectivity index (χ2v) is 7.45. The number of benzene rings is 2. The molecule has 1 saturated heterocycles. The minimum Gasteiger partial charge on any atom is -0.356 e. The van der Waals surface area contributed by atoms with Gasteiger partial charge in [0.2, 0.25) is 0 Å². The van der Waals surface area contributed by atoms with Gasteiger partial charge in [0.15, 0.2) is 0 Å². The van der Waals surface area contributed by atoms with Gasteiger partial charge >= 0.3 is 6.03 Å². The summed E-state index contributed by atoms with van der Waals surface area (Å²) in [5.41, 5.74) is 4.06. The van der Waals surface area contributed by atoms with Crippen molar-refractivity contribution in [1.82, 2.24) is 14.8 Å². The van der Waals surface area contributed by atoms with Crippen molar-refractivity contribution in [3.05, 3.63) is 70.4 Å². The number of amides is 3.